The highest BCUT2D eigenvalue weighted by Crippen LogP contribution is 2.31. The normalized spacial score (nSPS) is 16.0. The van der Waals surface area contributed by atoms with Gasteiger partial charge in [-0.1, -0.05) is 0 Å². The van der Waals surface area contributed by atoms with E-state index < -0.39 is 0 Å². The van der Waals surface area contributed by atoms with Crippen LogP contribution in [-0.2, 0) is 9.53 Å². The Balaban J connectivity index is 1.98. The van der Waals surface area contributed by atoms with Crippen LogP contribution >= 0.6 is 0 Å². The van der Waals surface area contributed by atoms with E-state index in [9.17, 15) is 4.79 Å². The van der Waals surface area contributed by atoms with Crippen molar-refractivity contribution in [3.05, 3.63) is 18.2 Å². The minimum atomic E-state index is -0.0742. The monoisotopic (exact) mass is 278 g/mol. The van der Waals surface area contributed by atoms with Crippen LogP contribution in [0.3, 0.4) is 0 Å². The van der Waals surface area contributed by atoms with E-state index in [0.29, 0.717) is 12.3 Å². The van der Waals surface area contributed by atoms with Crippen LogP contribution in [0, 0.1) is 5.92 Å². The minimum absolute atomic E-state index is 0.0191. The second-order valence-corrected chi connectivity index (χ2v) is 4.94. The Morgan fingerprint density at radius 2 is 2.10 bits per heavy atom. The Hall–Kier alpha value is -1.91. The third-order valence-electron chi connectivity index (χ3n) is 3.69. The van der Waals surface area contributed by atoms with Gasteiger partial charge in [-0.15, -0.1) is 0 Å². The Labute approximate surface area is 119 Å². The van der Waals surface area contributed by atoms with E-state index in [1.807, 2.05) is 25.1 Å². The van der Waals surface area contributed by atoms with Crippen molar-refractivity contribution in [3.8, 4) is 5.75 Å². The van der Waals surface area contributed by atoms with Gasteiger partial charge in [0.15, 0.2) is 0 Å². The number of nitrogen functional groups attached to an aromatic ring is 1. The average Bonchev–Trinajstić information content (AvgIpc) is 2.47. The Kier molecular flexibility index (Phi) is 4.71. The third kappa shape index (κ3) is 3.15. The summed E-state index contributed by atoms with van der Waals surface area (Å²) in [5, 5.41) is 0. The largest absolute Gasteiger partial charge is 0.497 e. The predicted molar refractivity (Wildman–Crippen MR) is 79.0 cm³/mol. The van der Waals surface area contributed by atoms with E-state index in [1.54, 1.807) is 7.11 Å². The van der Waals surface area contributed by atoms with Crippen molar-refractivity contribution in [2.75, 3.05) is 37.4 Å². The molecule has 5 nitrogen and oxygen atoms in total. The van der Waals surface area contributed by atoms with E-state index in [1.165, 1.54) is 0 Å². The summed E-state index contributed by atoms with van der Waals surface area (Å²) in [6.07, 6.45) is 1.62. The molecule has 0 radical (unpaired) electrons. The summed E-state index contributed by atoms with van der Waals surface area (Å²) in [4.78, 5) is 13.9. The number of benzene rings is 1. The molecule has 0 bridgehead atoms. The quantitative estimate of drug-likeness (QED) is 0.674. The molecule has 0 unspecified atom stereocenters. The highest BCUT2D eigenvalue weighted by molar-refractivity contribution is 5.74. The number of methoxy groups -OCH3 is 1. The highest BCUT2D eigenvalue weighted by atomic mass is 16.5. The lowest BCUT2D eigenvalue weighted by molar-refractivity contribution is -0.148. The second kappa shape index (κ2) is 6.50. The van der Waals surface area contributed by atoms with E-state index in [0.717, 1.165) is 37.4 Å². The zero-order valence-corrected chi connectivity index (χ0v) is 12.1. The number of ether oxygens (including phenoxy) is 2. The molecule has 1 aromatic rings. The number of esters is 1. The van der Waals surface area contributed by atoms with E-state index in [-0.39, 0.29) is 11.9 Å². The van der Waals surface area contributed by atoms with E-state index in [4.69, 9.17) is 15.2 Å². The first-order valence-electron chi connectivity index (χ1n) is 7.00. The number of hydrogen-bond donors (Lipinski definition) is 1. The maximum absolute atomic E-state index is 11.7. The zero-order chi connectivity index (χ0) is 14.5. The van der Waals surface area contributed by atoms with E-state index in [2.05, 4.69) is 4.90 Å². The predicted octanol–water partition coefficient (Wildman–Crippen LogP) is 2.06. The molecule has 110 valence electrons. The first-order valence-corrected chi connectivity index (χ1v) is 7.00. The fourth-order valence-corrected chi connectivity index (χ4v) is 2.56. The van der Waals surface area contributed by atoms with Gasteiger partial charge in [0.1, 0.15) is 5.75 Å². The van der Waals surface area contributed by atoms with Crippen molar-refractivity contribution in [2.24, 2.45) is 5.92 Å². The summed E-state index contributed by atoms with van der Waals surface area (Å²) in [6, 6.07) is 5.70. The van der Waals surface area contributed by atoms with Gasteiger partial charge in [0.25, 0.3) is 0 Å². The summed E-state index contributed by atoms with van der Waals surface area (Å²) < 4.78 is 10.2. The van der Waals surface area contributed by atoms with Crippen molar-refractivity contribution in [3.63, 3.8) is 0 Å². The fraction of sp³-hybridized carbons (Fsp3) is 0.533. The van der Waals surface area contributed by atoms with Crippen LogP contribution in [0.2, 0.25) is 0 Å². The number of rotatable bonds is 4. The van der Waals surface area contributed by atoms with E-state index >= 15 is 0 Å². The van der Waals surface area contributed by atoms with Crippen molar-refractivity contribution >= 4 is 17.3 Å². The zero-order valence-electron chi connectivity index (χ0n) is 12.1. The van der Waals surface area contributed by atoms with Gasteiger partial charge in [0.05, 0.1) is 31.0 Å². The maximum atomic E-state index is 11.7. The lowest BCUT2D eigenvalue weighted by atomic mass is 9.96. The van der Waals surface area contributed by atoms with Gasteiger partial charge >= 0.3 is 5.97 Å². The van der Waals surface area contributed by atoms with Crippen LogP contribution in [0.1, 0.15) is 19.8 Å². The molecule has 1 heterocycles. The van der Waals surface area contributed by atoms with Crippen LogP contribution in [0.25, 0.3) is 0 Å². The molecule has 1 fully saturated rings. The topological polar surface area (TPSA) is 64.8 Å². The molecule has 1 aliphatic rings. The number of carbonyl (C=O) groups is 1. The summed E-state index contributed by atoms with van der Waals surface area (Å²) in [6.45, 7) is 3.93. The van der Waals surface area contributed by atoms with Gasteiger partial charge in [-0.25, -0.2) is 0 Å². The van der Waals surface area contributed by atoms with Crippen molar-refractivity contribution < 1.29 is 14.3 Å². The van der Waals surface area contributed by atoms with Gasteiger partial charge in [-0.05, 0) is 31.9 Å². The molecular weight excluding hydrogens is 256 g/mol. The molecule has 0 saturated carbocycles. The number of carbonyl (C=O) groups excluding carboxylic acids is 1. The molecule has 0 aliphatic carbocycles. The SMILES string of the molecule is CCOC(=O)C1CCN(c2ccc(OC)cc2N)CC1. The number of piperidine rings is 1. The average molecular weight is 278 g/mol. The summed E-state index contributed by atoms with van der Waals surface area (Å²) >= 11 is 0. The molecule has 1 aromatic carbocycles. The highest BCUT2D eigenvalue weighted by Gasteiger charge is 2.26. The van der Waals surface area contributed by atoms with Gasteiger partial charge in [0, 0.05) is 19.2 Å². The molecule has 1 saturated heterocycles. The van der Waals surface area contributed by atoms with Gasteiger partial charge in [-0.3, -0.25) is 4.79 Å². The first-order chi connectivity index (χ1) is 9.65. The summed E-state index contributed by atoms with van der Waals surface area (Å²) in [5.74, 6) is 0.702. The van der Waals surface area contributed by atoms with Crippen LogP contribution in [0.5, 0.6) is 5.75 Å². The smallest absolute Gasteiger partial charge is 0.309 e. The molecular formula is C15H22N2O3. The lowest BCUT2D eigenvalue weighted by Crippen LogP contribution is -2.37. The lowest BCUT2D eigenvalue weighted by Gasteiger charge is -2.33. The number of nitrogens with zero attached hydrogens (tertiary/aromatic N) is 1. The van der Waals surface area contributed by atoms with Gasteiger partial charge in [0.2, 0.25) is 0 Å². The number of nitrogens with two attached hydrogens (primary N) is 1. The van der Waals surface area contributed by atoms with Gasteiger partial charge in [-0.2, -0.15) is 0 Å². The molecule has 0 spiro atoms. The van der Waals surface area contributed by atoms with Crippen LogP contribution in [0.4, 0.5) is 11.4 Å². The van der Waals surface area contributed by atoms with Crippen LogP contribution in [0.15, 0.2) is 18.2 Å². The van der Waals surface area contributed by atoms with Crippen LogP contribution < -0.4 is 15.4 Å². The molecule has 20 heavy (non-hydrogen) atoms. The van der Waals surface area contributed by atoms with Crippen molar-refractivity contribution in [1.29, 1.82) is 0 Å². The second-order valence-electron chi connectivity index (χ2n) is 4.94. The van der Waals surface area contributed by atoms with Gasteiger partial charge < -0.3 is 20.1 Å². The molecule has 2 N–H and O–H groups in total. The first kappa shape index (κ1) is 14.5. The molecule has 2 rings (SSSR count). The number of anilines is 2. The number of hydrogen-bond acceptors (Lipinski definition) is 5. The standard InChI is InChI=1S/C15H22N2O3/c1-3-20-15(18)11-6-8-17(9-7-11)14-5-4-12(19-2)10-13(14)16/h4-5,10-11H,3,6-9,16H2,1-2H3. The van der Waals surface area contributed by atoms with Crippen molar-refractivity contribution in [2.45, 2.75) is 19.8 Å². The van der Waals surface area contributed by atoms with Crippen LogP contribution in [-0.4, -0.2) is 32.8 Å². The Morgan fingerprint density at radius 1 is 1.40 bits per heavy atom. The molecule has 0 atom stereocenters. The molecule has 5 heteroatoms. The third-order valence-corrected chi connectivity index (χ3v) is 3.69. The Morgan fingerprint density at radius 3 is 2.65 bits per heavy atom. The Bertz CT molecular complexity index is 468. The minimum Gasteiger partial charge on any atom is -0.497 e. The molecule has 1 aliphatic heterocycles. The van der Waals surface area contributed by atoms with Crippen molar-refractivity contribution in [1.82, 2.24) is 0 Å². The summed E-state index contributed by atoms with van der Waals surface area (Å²) in [5.41, 5.74) is 7.77. The fourth-order valence-electron chi connectivity index (χ4n) is 2.56. The molecule has 0 amide bonds. The molecule has 0 aromatic heterocycles. The maximum Gasteiger partial charge on any atom is 0.309 e. The summed E-state index contributed by atoms with van der Waals surface area (Å²) in [7, 11) is 1.62.